The molecular weight excluding hydrogens is 305 g/mol. The van der Waals surface area contributed by atoms with Crippen molar-refractivity contribution >= 4 is 18.4 Å². The molecule has 1 saturated carbocycles. The van der Waals surface area contributed by atoms with Gasteiger partial charge in [0.25, 0.3) is 0 Å². The van der Waals surface area contributed by atoms with Crippen LogP contribution in [0, 0.1) is 17.2 Å². The third kappa shape index (κ3) is 2.74. The fourth-order valence-corrected chi connectivity index (χ4v) is 4.30. The molecule has 5 heteroatoms. The van der Waals surface area contributed by atoms with Gasteiger partial charge in [-0.15, -0.1) is 12.4 Å². The number of likely N-dealkylation sites (tertiary alicyclic amines) is 1. The average Bonchev–Trinajstić information content (AvgIpc) is 2.99. The van der Waals surface area contributed by atoms with Crippen LogP contribution in [-0.2, 0) is 4.79 Å². The van der Waals surface area contributed by atoms with Gasteiger partial charge in [-0.25, -0.2) is 4.39 Å². The van der Waals surface area contributed by atoms with Crippen molar-refractivity contribution in [2.24, 2.45) is 11.3 Å². The van der Waals surface area contributed by atoms with Gasteiger partial charge in [-0.2, -0.15) is 0 Å². The summed E-state index contributed by atoms with van der Waals surface area (Å²) in [5.41, 5.74) is 0.535. The fourth-order valence-electron chi connectivity index (χ4n) is 4.30. The molecule has 1 aromatic carbocycles. The molecule has 1 aromatic rings. The number of carboxylic acids is 1. The van der Waals surface area contributed by atoms with Crippen LogP contribution in [0.2, 0.25) is 0 Å². The van der Waals surface area contributed by atoms with Gasteiger partial charge in [0.05, 0.1) is 5.41 Å². The van der Waals surface area contributed by atoms with E-state index in [1.165, 1.54) is 12.1 Å². The summed E-state index contributed by atoms with van der Waals surface area (Å²) in [6, 6.07) is 6.81. The van der Waals surface area contributed by atoms with Gasteiger partial charge in [0.2, 0.25) is 0 Å². The Kier molecular flexibility index (Phi) is 5.13. The van der Waals surface area contributed by atoms with Crippen molar-refractivity contribution in [1.82, 2.24) is 4.90 Å². The second kappa shape index (κ2) is 6.55. The molecule has 1 N–H and O–H groups in total. The minimum atomic E-state index is -0.638. The number of carboxylic acid groups (broad SMARTS) is 1. The van der Waals surface area contributed by atoms with E-state index in [9.17, 15) is 14.3 Å². The number of nitrogens with zero attached hydrogens (tertiary/aromatic N) is 1. The Balaban J connectivity index is 0.00000176. The molecule has 0 bridgehead atoms. The Hall–Kier alpha value is -1.13. The first kappa shape index (κ1) is 17.2. The molecule has 1 aliphatic carbocycles. The highest BCUT2D eigenvalue weighted by atomic mass is 35.5. The van der Waals surface area contributed by atoms with E-state index in [0.29, 0.717) is 6.54 Å². The first-order valence-electron chi connectivity index (χ1n) is 7.80. The van der Waals surface area contributed by atoms with Gasteiger partial charge in [-0.1, -0.05) is 25.5 Å². The molecule has 3 nitrogen and oxygen atoms in total. The lowest BCUT2D eigenvalue weighted by Gasteiger charge is -2.29. The second-order valence-electron chi connectivity index (χ2n) is 6.46. The standard InChI is InChI=1S/C17H22FNO2.ClH/c1-2-15(12-5-7-14(18)8-6-12)19-10-13-4-3-9-17(13,11-19)16(20)21;/h5-8,13,15H,2-4,9-11H2,1H3,(H,20,21);1H/t13-,15?,17+;/m0./s1. The van der Waals surface area contributed by atoms with Gasteiger partial charge in [0.15, 0.2) is 0 Å². The maximum Gasteiger partial charge on any atom is 0.311 e. The molecule has 1 aliphatic heterocycles. The quantitative estimate of drug-likeness (QED) is 0.912. The van der Waals surface area contributed by atoms with Crippen LogP contribution in [0.5, 0.6) is 0 Å². The van der Waals surface area contributed by atoms with Crippen LogP contribution in [-0.4, -0.2) is 29.1 Å². The van der Waals surface area contributed by atoms with Crippen LogP contribution in [0.3, 0.4) is 0 Å². The van der Waals surface area contributed by atoms with Crippen molar-refractivity contribution in [3.63, 3.8) is 0 Å². The Morgan fingerprint density at radius 2 is 2.14 bits per heavy atom. The number of hydrogen-bond donors (Lipinski definition) is 1. The zero-order valence-electron chi connectivity index (χ0n) is 12.8. The Bertz CT molecular complexity index is 536. The molecule has 0 aromatic heterocycles. The summed E-state index contributed by atoms with van der Waals surface area (Å²) in [6.45, 7) is 3.58. The van der Waals surface area contributed by atoms with E-state index in [1.54, 1.807) is 0 Å². The Morgan fingerprint density at radius 3 is 2.68 bits per heavy atom. The average molecular weight is 328 g/mol. The number of halogens is 2. The predicted octanol–water partition coefficient (Wildman–Crippen LogP) is 3.89. The topological polar surface area (TPSA) is 40.5 Å². The smallest absolute Gasteiger partial charge is 0.311 e. The third-order valence-electron chi connectivity index (χ3n) is 5.41. The van der Waals surface area contributed by atoms with Crippen molar-refractivity contribution in [2.45, 2.75) is 38.6 Å². The van der Waals surface area contributed by atoms with E-state index in [-0.39, 0.29) is 30.2 Å². The second-order valence-corrected chi connectivity index (χ2v) is 6.46. The molecule has 2 aliphatic rings. The zero-order chi connectivity index (χ0) is 15.0. The highest BCUT2D eigenvalue weighted by molar-refractivity contribution is 5.85. The highest BCUT2D eigenvalue weighted by Crippen LogP contribution is 2.51. The SMILES string of the molecule is CCC(c1ccc(F)cc1)N1C[C@@H]2CCC[C@@]2(C(=O)O)C1.Cl. The summed E-state index contributed by atoms with van der Waals surface area (Å²) in [5, 5.41) is 9.68. The van der Waals surface area contributed by atoms with Crippen LogP contribution in [0.15, 0.2) is 24.3 Å². The molecule has 2 fully saturated rings. The summed E-state index contributed by atoms with van der Waals surface area (Å²) >= 11 is 0. The van der Waals surface area contributed by atoms with E-state index < -0.39 is 11.4 Å². The first-order chi connectivity index (χ1) is 10.1. The van der Waals surface area contributed by atoms with Gasteiger partial charge >= 0.3 is 5.97 Å². The minimum absolute atomic E-state index is 0. The van der Waals surface area contributed by atoms with E-state index in [1.807, 2.05) is 12.1 Å². The van der Waals surface area contributed by atoms with Gasteiger partial charge in [0, 0.05) is 19.1 Å². The molecule has 3 atom stereocenters. The highest BCUT2D eigenvalue weighted by Gasteiger charge is 2.55. The lowest BCUT2D eigenvalue weighted by atomic mass is 9.81. The Morgan fingerprint density at radius 1 is 1.45 bits per heavy atom. The normalized spacial score (nSPS) is 28.9. The maximum atomic E-state index is 13.1. The summed E-state index contributed by atoms with van der Waals surface area (Å²) in [7, 11) is 0. The number of rotatable bonds is 4. The third-order valence-corrected chi connectivity index (χ3v) is 5.41. The molecule has 1 saturated heterocycles. The summed E-state index contributed by atoms with van der Waals surface area (Å²) in [6.07, 6.45) is 3.75. The minimum Gasteiger partial charge on any atom is -0.481 e. The van der Waals surface area contributed by atoms with Crippen LogP contribution in [0.4, 0.5) is 4.39 Å². The van der Waals surface area contributed by atoms with E-state index in [2.05, 4.69) is 11.8 Å². The Labute approximate surface area is 136 Å². The number of fused-ring (bicyclic) bond motifs is 1. The van der Waals surface area contributed by atoms with Gasteiger partial charge in [0.1, 0.15) is 5.82 Å². The van der Waals surface area contributed by atoms with Crippen molar-refractivity contribution in [1.29, 1.82) is 0 Å². The number of aliphatic carboxylic acids is 1. The van der Waals surface area contributed by atoms with Gasteiger partial charge < -0.3 is 5.11 Å². The van der Waals surface area contributed by atoms with Gasteiger partial charge in [-0.05, 0) is 42.9 Å². The van der Waals surface area contributed by atoms with Crippen LogP contribution < -0.4 is 0 Å². The number of benzene rings is 1. The summed E-state index contributed by atoms with van der Waals surface area (Å²) < 4.78 is 13.1. The number of carbonyl (C=O) groups is 1. The fraction of sp³-hybridized carbons (Fsp3) is 0.588. The van der Waals surface area contributed by atoms with Crippen molar-refractivity contribution < 1.29 is 14.3 Å². The molecular formula is C17H23ClFNO2. The van der Waals surface area contributed by atoms with E-state index in [0.717, 1.165) is 37.8 Å². The first-order valence-corrected chi connectivity index (χ1v) is 7.80. The molecule has 0 spiro atoms. The van der Waals surface area contributed by atoms with Crippen molar-refractivity contribution in [2.75, 3.05) is 13.1 Å². The summed E-state index contributed by atoms with van der Waals surface area (Å²) in [5.74, 6) is -0.597. The van der Waals surface area contributed by atoms with Crippen LogP contribution in [0.1, 0.15) is 44.2 Å². The predicted molar refractivity (Wildman–Crippen MR) is 85.7 cm³/mol. The maximum absolute atomic E-state index is 13.1. The van der Waals surface area contributed by atoms with Crippen LogP contribution >= 0.6 is 12.4 Å². The monoisotopic (exact) mass is 327 g/mol. The molecule has 0 radical (unpaired) electrons. The molecule has 0 amide bonds. The summed E-state index contributed by atoms with van der Waals surface area (Å²) in [4.78, 5) is 14.1. The van der Waals surface area contributed by atoms with Crippen LogP contribution in [0.25, 0.3) is 0 Å². The molecule has 1 unspecified atom stereocenters. The molecule has 1 heterocycles. The lowest BCUT2D eigenvalue weighted by molar-refractivity contribution is -0.149. The number of hydrogen-bond acceptors (Lipinski definition) is 2. The zero-order valence-corrected chi connectivity index (χ0v) is 13.6. The molecule has 3 rings (SSSR count). The molecule has 122 valence electrons. The van der Waals surface area contributed by atoms with E-state index >= 15 is 0 Å². The molecule has 22 heavy (non-hydrogen) atoms. The largest absolute Gasteiger partial charge is 0.481 e. The van der Waals surface area contributed by atoms with E-state index in [4.69, 9.17) is 0 Å². The van der Waals surface area contributed by atoms with Crippen molar-refractivity contribution in [3.8, 4) is 0 Å². The lowest BCUT2D eigenvalue weighted by Crippen LogP contribution is -2.36. The van der Waals surface area contributed by atoms with Gasteiger partial charge in [-0.3, -0.25) is 9.69 Å². The van der Waals surface area contributed by atoms with Crippen molar-refractivity contribution in [3.05, 3.63) is 35.6 Å².